The number of hydrogen-bond donors (Lipinski definition) is 0. The predicted molar refractivity (Wildman–Crippen MR) is 71.3 cm³/mol. The maximum atomic E-state index is 11.7. The van der Waals surface area contributed by atoms with Gasteiger partial charge in [-0.2, -0.15) is 0 Å². The van der Waals surface area contributed by atoms with Gasteiger partial charge in [0.25, 0.3) is 0 Å². The number of piperidine rings is 1. The highest BCUT2D eigenvalue weighted by molar-refractivity contribution is 5.72. The Bertz CT molecular complexity index is 391. The molecule has 1 fully saturated rings. The van der Waals surface area contributed by atoms with E-state index in [-0.39, 0.29) is 11.9 Å². The molecule has 2 unspecified atom stereocenters. The molecule has 0 N–H and O–H groups in total. The molecule has 3 heteroatoms. The molecule has 0 spiro atoms. The van der Waals surface area contributed by atoms with Gasteiger partial charge in [-0.3, -0.25) is 4.79 Å². The van der Waals surface area contributed by atoms with Crippen LogP contribution in [0.15, 0.2) is 30.3 Å². The fraction of sp³-hybridized carbons (Fsp3) is 0.533. The molecule has 18 heavy (non-hydrogen) atoms. The van der Waals surface area contributed by atoms with E-state index in [1.807, 2.05) is 6.07 Å². The van der Waals surface area contributed by atoms with Crippen LogP contribution in [0.2, 0.25) is 0 Å². The summed E-state index contributed by atoms with van der Waals surface area (Å²) < 4.78 is 4.87. The molecule has 1 aliphatic heterocycles. The summed E-state index contributed by atoms with van der Waals surface area (Å²) in [5.41, 5.74) is 1.35. The lowest BCUT2D eigenvalue weighted by atomic mass is 9.85. The molecule has 98 valence electrons. The Morgan fingerprint density at radius 1 is 1.33 bits per heavy atom. The van der Waals surface area contributed by atoms with Crippen molar-refractivity contribution < 1.29 is 9.53 Å². The first-order chi connectivity index (χ1) is 8.69. The second-order valence-corrected chi connectivity index (χ2v) is 5.23. The summed E-state index contributed by atoms with van der Waals surface area (Å²) in [7, 11) is 3.55. The number of esters is 1. The minimum Gasteiger partial charge on any atom is -0.469 e. The fourth-order valence-electron chi connectivity index (χ4n) is 2.88. The third kappa shape index (κ3) is 3.33. The Balaban J connectivity index is 1.98. The lowest BCUT2D eigenvalue weighted by Crippen LogP contribution is -2.42. The maximum absolute atomic E-state index is 11.7. The van der Waals surface area contributed by atoms with Crippen molar-refractivity contribution in [1.29, 1.82) is 0 Å². The van der Waals surface area contributed by atoms with Crippen molar-refractivity contribution in [1.82, 2.24) is 4.90 Å². The SMILES string of the molecule is COC(=O)C1CC(Cc2ccccc2)CN(C)C1. The molecule has 2 atom stereocenters. The highest BCUT2D eigenvalue weighted by Gasteiger charge is 2.30. The molecule has 0 radical (unpaired) electrons. The first-order valence-corrected chi connectivity index (χ1v) is 6.49. The van der Waals surface area contributed by atoms with Crippen LogP contribution in [0.3, 0.4) is 0 Å². The Kier molecular flexibility index (Phi) is 4.37. The summed E-state index contributed by atoms with van der Waals surface area (Å²) >= 11 is 0. The first kappa shape index (κ1) is 13.1. The van der Waals surface area contributed by atoms with Gasteiger partial charge in [0.1, 0.15) is 0 Å². The molecule has 0 amide bonds. The minimum atomic E-state index is -0.0698. The molecule has 1 aromatic carbocycles. The normalized spacial score (nSPS) is 24.8. The average molecular weight is 247 g/mol. The Morgan fingerprint density at radius 3 is 2.72 bits per heavy atom. The van der Waals surface area contributed by atoms with Crippen molar-refractivity contribution >= 4 is 5.97 Å². The standard InChI is InChI=1S/C15H21NO2/c1-16-10-13(8-12-6-4-3-5-7-12)9-14(11-16)15(17)18-2/h3-7,13-14H,8-11H2,1-2H3. The molecule has 0 bridgehead atoms. The van der Waals surface area contributed by atoms with E-state index in [0.717, 1.165) is 25.9 Å². The zero-order valence-corrected chi connectivity index (χ0v) is 11.1. The van der Waals surface area contributed by atoms with Crippen molar-refractivity contribution in [3.05, 3.63) is 35.9 Å². The van der Waals surface area contributed by atoms with Crippen molar-refractivity contribution in [3.63, 3.8) is 0 Å². The average Bonchev–Trinajstić information content (AvgIpc) is 2.38. The number of carbonyl (C=O) groups excluding carboxylic acids is 1. The summed E-state index contributed by atoms with van der Waals surface area (Å²) in [6.45, 7) is 1.88. The lowest BCUT2D eigenvalue weighted by Gasteiger charge is -2.34. The van der Waals surface area contributed by atoms with Crippen LogP contribution < -0.4 is 0 Å². The maximum Gasteiger partial charge on any atom is 0.309 e. The Morgan fingerprint density at radius 2 is 2.06 bits per heavy atom. The number of likely N-dealkylation sites (tertiary alicyclic amines) is 1. The number of methoxy groups -OCH3 is 1. The number of rotatable bonds is 3. The first-order valence-electron chi connectivity index (χ1n) is 6.49. The lowest BCUT2D eigenvalue weighted by molar-refractivity contribution is -0.147. The van der Waals surface area contributed by atoms with Gasteiger partial charge in [0.15, 0.2) is 0 Å². The number of benzene rings is 1. The molecular weight excluding hydrogens is 226 g/mol. The molecule has 3 nitrogen and oxygen atoms in total. The van der Waals surface area contributed by atoms with E-state index in [4.69, 9.17) is 4.74 Å². The third-order valence-corrected chi connectivity index (χ3v) is 3.62. The Labute approximate surface area is 109 Å². The number of ether oxygens (including phenoxy) is 1. The zero-order chi connectivity index (χ0) is 13.0. The highest BCUT2D eigenvalue weighted by Crippen LogP contribution is 2.25. The van der Waals surface area contributed by atoms with Crippen LogP contribution in [0.5, 0.6) is 0 Å². The topological polar surface area (TPSA) is 29.5 Å². The van der Waals surface area contributed by atoms with Crippen molar-refractivity contribution in [2.24, 2.45) is 11.8 Å². The fourth-order valence-corrected chi connectivity index (χ4v) is 2.88. The van der Waals surface area contributed by atoms with E-state index < -0.39 is 0 Å². The Hall–Kier alpha value is -1.35. The summed E-state index contributed by atoms with van der Waals surface area (Å²) in [5, 5.41) is 0. The minimum absolute atomic E-state index is 0.0301. The van der Waals surface area contributed by atoms with Gasteiger partial charge >= 0.3 is 5.97 Å². The molecule has 1 aromatic rings. The van der Waals surface area contributed by atoms with Gasteiger partial charge in [0.05, 0.1) is 13.0 Å². The monoisotopic (exact) mass is 247 g/mol. The van der Waals surface area contributed by atoms with Gasteiger partial charge in [0.2, 0.25) is 0 Å². The number of carbonyl (C=O) groups is 1. The summed E-state index contributed by atoms with van der Waals surface area (Å²) in [4.78, 5) is 13.9. The summed E-state index contributed by atoms with van der Waals surface area (Å²) in [6, 6.07) is 10.5. The van der Waals surface area contributed by atoms with Crippen LogP contribution in [0.25, 0.3) is 0 Å². The molecule has 0 aliphatic carbocycles. The van der Waals surface area contributed by atoms with Gasteiger partial charge in [-0.05, 0) is 31.4 Å². The molecule has 2 rings (SSSR count). The van der Waals surface area contributed by atoms with Crippen molar-refractivity contribution in [2.75, 3.05) is 27.2 Å². The van der Waals surface area contributed by atoms with Crippen LogP contribution in [0, 0.1) is 11.8 Å². The summed E-state index contributed by atoms with van der Waals surface area (Å²) in [6.07, 6.45) is 1.98. The smallest absolute Gasteiger partial charge is 0.309 e. The number of nitrogens with zero attached hydrogens (tertiary/aromatic N) is 1. The van der Waals surface area contributed by atoms with Gasteiger partial charge in [-0.25, -0.2) is 0 Å². The molecule has 0 aromatic heterocycles. The second kappa shape index (κ2) is 6.01. The van der Waals surface area contributed by atoms with E-state index >= 15 is 0 Å². The second-order valence-electron chi connectivity index (χ2n) is 5.23. The quantitative estimate of drug-likeness (QED) is 0.765. The van der Waals surface area contributed by atoms with Crippen LogP contribution in [-0.4, -0.2) is 38.1 Å². The van der Waals surface area contributed by atoms with Gasteiger partial charge in [0, 0.05) is 13.1 Å². The molecule has 0 saturated carbocycles. The van der Waals surface area contributed by atoms with E-state index in [2.05, 4.69) is 36.2 Å². The van der Waals surface area contributed by atoms with E-state index in [1.165, 1.54) is 12.7 Å². The van der Waals surface area contributed by atoms with Gasteiger partial charge in [-0.15, -0.1) is 0 Å². The molecular formula is C15H21NO2. The van der Waals surface area contributed by atoms with Crippen LogP contribution in [-0.2, 0) is 16.0 Å². The van der Waals surface area contributed by atoms with E-state index in [9.17, 15) is 4.79 Å². The van der Waals surface area contributed by atoms with Crippen molar-refractivity contribution in [2.45, 2.75) is 12.8 Å². The van der Waals surface area contributed by atoms with Crippen molar-refractivity contribution in [3.8, 4) is 0 Å². The number of hydrogen-bond acceptors (Lipinski definition) is 3. The molecule has 1 heterocycles. The summed E-state index contributed by atoms with van der Waals surface area (Å²) in [5.74, 6) is 0.498. The highest BCUT2D eigenvalue weighted by atomic mass is 16.5. The van der Waals surface area contributed by atoms with Gasteiger partial charge < -0.3 is 9.64 Å². The predicted octanol–water partition coefficient (Wildman–Crippen LogP) is 1.97. The van der Waals surface area contributed by atoms with E-state index in [0.29, 0.717) is 5.92 Å². The molecule has 1 aliphatic rings. The largest absolute Gasteiger partial charge is 0.469 e. The third-order valence-electron chi connectivity index (χ3n) is 3.62. The zero-order valence-electron chi connectivity index (χ0n) is 11.1. The van der Waals surface area contributed by atoms with Gasteiger partial charge in [-0.1, -0.05) is 30.3 Å². The van der Waals surface area contributed by atoms with Crippen LogP contribution >= 0.6 is 0 Å². The van der Waals surface area contributed by atoms with Crippen LogP contribution in [0.1, 0.15) is 12.0 Å². The molecule has 1 saturated heterocycles. The van der Waals surface area contributed by atoms with E-state index in [1.54, 1.807) is 0 Å². The van der Waals surface area contributed by atoms with Crippen LogP contribution in [0.4, 0.5) is 0 Å².